The van der Waals surface area contributed by atoms with Crippen LogP contribution in [0.2, 0.25) is 0 Å². The van der Waals surface area contributed by atoms with E-state index in [1.165, 1.54) is 0 Å². The number of carbonyl (C=O) groups excluding carboxylic acids is 2. The van der Waals surface area contributed by atoms with Crippen LogP contribution in [-0.2, 0) is 14.3 Å². The van der Waals surface area contributed by atoms with Gasteiger partial charge in [-0.25, -0.2) is 9.59 Å². The van der Waals surface area contributed by atoms with Crippen molar-refractivity contribution >= 4 is 12.1 Å². The van der Waals surface area contributed by atoms with Crippen molar-refractivity contribution < 1.29 is 19.1 Å². The monoisotopic (exact) mass is 319 g/mol. The number of amides is 1. The predicted octanol–water partition coefficient (Wildman–Crippen LogP) is 3.68. The average Bonchev–Trinajstić information content (AvgIpc) is 2.43. The van der Waals surface area contributed by atoms with E-state index in [1.807, 2.05) is 31.2 Å². The van der Waals surface area contributed by atoms with E-state index in [9.17, 15) is 9.59 Å². The number of benzene rings is 1. The van der Waals surface area contributed by atoms with Crippen molar-refractivity contribution in [2.24, 2.45) is 0 Å². The highest BCUT2D eigenvalue weighted by atomic mass is 16.6. The van der Waals surface area contributed by atoms with Crippen LogP contribution >= 0.6 is 0 Å². The normalized spacial score (nSPS) is 12.2. The van der Waals surface area contributed by atoms with Crippen LogP contribution in [0.15, 0.2) is 36.4 Å². The summed E-state index contributed by atoms with van der Waals surface area (Å²) in [6, 6.07) is 6.77. The SMILES string of the molecule is C=C(C(=O)OCC)[C@H](NC(=O)OC(C)(C)C)c1ccc(C)cc1. The van der Waals surface area contributed by atoms with Gasteiger partial charge in [-0.1, -0.05) is 36.4 Å². The number of hydrogen-bond acceptors (Lipinski definition) is 4. The van der Waals surface area contributed by atoms with Crippen LogP contribution < -0.4 is 5.32 Å². The number of esters is 1. The molecule has 1 aromatic carbocycles. The number of ether oxygens (including phenoxy) is 2. The number of carbonyl (C=O) groups is 2. The predicted molar refractivity (Wildman–Crippen MR) is 89.1 cm³/mol. The van der Waals surface area contributed by atoms with Gasteiger partial charge in [0, 0.05) is 0 Å². The fourth-order valence-corrected chi connectivity index (χ4v) is 1.90. The summed E-state index contributed by atoms with van der Waals surface area (Å²) in [5.74, 6) is -0.547. The quantitative estimate of drug-likeness (QED) is 0.664. The average molecular weight is 319 g/mol. The van der Waals surface area contributed by atoms with Crippen molar-refractivity contribution in [2.75, 3.05) is 6.61 Å². The second-order valence-corrected chi connectivity index (χ2v) is 6.24. The molecule has 5 nitrogen and oxygen atoms in total. The van der Waals surface area contributed by atoms with Crippen LogP contribution in [0.5, 0.6) is 0 Å². The molecule has 1 rings (SSSR count). The Morgan fingerprint density at radius 1 is 1.22 bits per heavy atom. The molecular weight excluding hydrogens is 294 g/mol. The Hall–Kier alpha value is -2.30. The zero-order valence-corrected chi connectivity index (χ0v) is 14.4. The number of rotatable bonds is 5. The molecule has 1 N–H and O–H groups in total. The number of hydrogen-bond donors (Lipinski definition) is 1. The van der Waals surface area contributed by atoms with Gasteiger partial charge in [-0.15, -0.1) is 0 Å². The minimum Gasteiger partial charge on any atom is -0.463 e. The van der Waals surface area contributed by atoms with Gasteiger partial charge in [-0.3, -0.25) is 0 Å². The molecule has 0 bridgehead atoms. The Balaban J connectivity index is 3.01. The first-order valence-electron chi connectivity index (χ1n) is 7.56. The van der Waals surface area contributed by atoms with Crippen molar-refractivity contribution in [2.45, 2.75) is 46.3 Å². The lowest BCUT2D eigenvalue weighted by Gasteiger charge is -2.24. The maximum Gasteiger partial charge on any atom is 0.408 e. The van der Waals surface area contributed by atoms with Crippen molar-refractivity contribution in [1.82, 2.24) is 5.32 Å². The molecule has 0 aliphatic carbocycles. The van der Waals surface area contributed by atoms with Gasteiger partial charge in [0.05, 0.1) is 18.2 Å². The van der Waals surface area contributed by atoms with Crippen molar-refractivity contribution in [3.8, 4) is 0 Å². The van der Waals surface area contributed by atoms with Gasteiger partial charge >= 0.3 is 12.1 Å². The van der Waals surface area contributed by atoms with Gasteiger partial charge in [-0.2, -0.15) is 0 Å². The number of aryl methyl sites for hydroxylation is 1. The highest BCUT2D eigenvalue weighted by Gasteiger charge is 2.26. The van der Waals surface area contributed by atoms with Gasteiger partial charge in [-0.05, 0) is 40.2 Å². The molecular formula is C18H25NO4. The van der Waals surface area contributed by atoms with Crippen LogP contribution in [0.25, 0.3) is 0 Å². The van der Waals surface area contributed by atoms with Crippen LogP contribution in [-0.4, -0.2) is 24.3 Å². The lowest BCUT2D eigenvalue weighted by atomic mass is 9.99. The fourth-order valence-electron chi connectivity index (χ4n) is 1.90. The maximum absolute atomic E-state index is 12.1. The van der Waals surface area contributed by atoms with Crippen LogP contribution in [0.4, 0.5) is 4.79 Å². The van der Waals surface area contributed by atoms with Gasteiger partial charge in [0.1, 0.15) is 5.60 Å². The third-order valence-corrected chi connectivity index (χ3v) is 2.96. The Morgan fingerprint density at radius 3 is 2.26 bits per heavy atom. The van der Waals surface area contributed by atoms with E-state index in [1.54, 1.807) is 27.7 Å². The first-order chi connectivity index (χ1) is 10.6. The highest BCUT2D eigenvalue weighted by Crippen LogP contribution is 2.23. The molecule has 0 heterocycles. The molecule has 0 aliphatic heterocycles. The van der Waals surface area contributed by atoms with Crippen molar-refractivity contribution in [3.63, 3.8) is 0 Å². The lowest BCUT2D eigenvalue weighted by Crippen LogP contribution is -2.36. The van der Waals surface area contributed by atoms with E-state index in [0.29, 0.717) is 0 Å². The van der Waals surface area contributed by atoms with Gasteiger partial charge in [0.15, 0.2) is 0 Å². The molecule has 0 aromatic heterocycles. The molecule has 1 amide bonds. The van der Waals surface area contributed by atoms with Gasteiger partial charge in [0.2, 0.25) is 0 Å². The van der Waals surface area contributed by atoms with Gasteiger partial charge in [0.25, 0.3) is 0 Å². The van der Waals surface area contributed by atoms with E-state index in [2.05, 4.69) is 11.9 Å². The summed E-state index contributed by atoms with van der Waals surface area (Å²) >= 11 is 0. The molecule has 0 saturated heterocycles. The molecule has 0 radical (unpaired) electrons. The molecule has 0 spiro atoms. The van der Waals surface area contributed by atoms with Crippen molar-refractivity contribution in [1.29, 1.82) is 0 Å². The molecule has 0 aliphatic rings. The van der Waals surface area contributed by atoms with E-state index < -0.39 is 23.7 Å². The first kappa shape index (κ1) is 18.7. The zero-order chi connectivity index (χ0) is 17.6. The highest BCUT2D eigenvalue weighted by molar-refractivity contribution is 5.90. The molecule has 0 unspecified atom stereocenters. The Bertz CT molecular complexity index is 570. The summed E-state index contributed by atoms with van der Waals surface area (Å²) in [6.07, 6.45) is -0.617. The summed E-state index contributed by atoms with van der Waals surface area (Å²) in [4.78, 5) is 24.0. The summed E-state index contributed by atoms with van der Waals surface area (Å²) < 4.78 is 10.2. The summed E-state index contributed by atoms with van der Waals surface area (Å²) in [5, 5.41) is 2.69. The largest absolute Gasteiger partial charge is 0.463 e. The molecule has 23 heavy (non-hydrogen) atoms. The summed E-state index contributed by atoms with van der Waals surface area (Å²) in [5.41, 5.74) is 1.33. The molecule has 0 saturated carbocycles. The van der Waals surface area contributed by atoms with E-state index >= 15 is 0 Å². The molecule has 1 atom stereocenters. The Labute approximate surface area is 137 Å². The minimum absolute atomic E-state index is 0.154. The van der Waals surface area contributed by atoms with Crippen molar-refractivity contribution in [3.05, 3.63) is 47.5 Å². The number of nitrogens with one attached hydrogen (secondary N) is 1. The standard InChI is InChI=1S/C18H25NO4/c1-7-22-16(20)13(3)15(14-10-8-12(2)9-11-14)19-17(21)23-18(4,5)6/h8-11,15H,3,7H2,1-2,4-6H3,(H,19,21)/t15-/m0/s1. The number of alkyl carbamates (subject to hydrolysis) is 1. The second-order valence-electron chi connectivity index (χ2n) is 6.24. The van der Waals surface area contributed by atoms with E-state index in [4.69, 9.17) is 9.47 Å². The molecule has 1 aromatic rings. The first-order valence-corrected chi connectivity index (χ1v) is 7.56. The van der Waals surface area contributed by atoms with Gasteiger partial charge < -0.3 is 14.8 Å². The maximum atomic E-state index is 12.1. The van der Waals surface area contributed by atoms with E-state index in [-0.39, 0.29) is 12.2 Å². The Kier molecular flexibility index (Phi) is 6.37. The molecule has 5 heteroatoms. The molecule has 126 valence electrons. The van der Waals surface area contributed by atoms with Crippen LogP contribution in [0.3, 0.4) is 0 Å². The summed E-state index contributed by atoms with van der Waals surface area (Å²) in [6.45, 7) is 13.0. The fraction of sp³-hybridized carbons (Fsp3) is 0.444. The second kappa shape index (κ2) is 7.81. The molecule has 0 fully saturated rings. The zero-order valence-electron chi connectivity index (χ0n) is 14.4. The third-order valence-electron chi connectivity index (χ3n) is 2.96. The lowest BCUT2D eigenvalue weighted by molar-refractivity contribution is -0.138. The third kappa shape index (κ3) is 6.14. The van der Waals surface area contributed by atoms with Crippen LogP contribution in [0, 0.1) is 6.92 Å². The van der Waals surface area contributed by atoms with Crippen LogP contribution in [0.1, 0.15) is 44.9 Å². The summed E-state index contributed by atoms with van der Waals surface area (Å²) in [7, 11) is 0. The topological polar surface area (TPSA) is 64.6 Å². The van der Waals surface area contributed by atoms with E-state index in [0.717, 1.165) is 11.1 Å². The minimum atomic E-state index is -0.704. The smallest absolute Gasteiger partial charge is 0.408 e. The Morgan fingerprint density at radius 2 is 1.78 bits per heavy atom.